The summed E-state index contributed by atoms with van der Waals surface area (Å²) in [6.45, 7) is 0. The van der Waals surface area contributed by atoms with Gasteiger partial charge in [0.05, 0.1) is 20.6 Å². The zero-order valence-electron chi connectivity index (χ0n) is 11.6. The summed E-state index contributed by atoms with van der Waals surface area (Å²) < 4.78 is 25.6. The van der Waals surface area contributed by atoms with E-state index in [0.29, 0.717) is 4.88 Å². The van der Waals surface area contributed by atoms with Gasteiger partial charge in [0, 0.05) is 4.88 Å². The maximum Gasteiger partial charge on any atom is 0.215 e. The summed E-state index contributed by atoms with van der Waals surface area (Å²) >= 11 is 0.984. The average Bonchev–Trinajstić information content (AvgIpc) is 2.97. The molecule has 4 radical (unpaired) electrons. The normalized spacial score (nSPS) is 12.6. The number of hydrogen-bond acceptors (Lipinski definition) is 4. The van der Waals surface area contributed by atoms with Crippen LogP contribution in [0.4, 0.5) is 0 Å². The average molecular weight is 323 g/mol. The number of hydrogen-bond donors (Lipinski definition) is 1. The smallest absolute Gasteiger partial charge is 0.215 e. The molecule has 2 N–H and O–H groups in total. The monoisotopic (exact) mass is 323 g/mol. The molecule has 0 aliphatic heterocycles. The SMILES string of the molecule is [B]C([B])(N)c1ccc(S(=O)(=O)c2ccc3ccccc3c2)s1. The fourth-order valence-corrected chi connectivity index (χ4v) is 4.82. The Hall–Kier alpha value is -1.56. The van der Waals surface area contributed by atoms with E-state index in [4.69, 9.17) is 21.4 Å². The van der Waals surface area contributed by atoms with Gasteiger partial charge >= 0.3 is 0 Å². The Balaban J connectivity index is 2.10. The third kappa shape index (κ3) is 2.72. The standard InChI is InChI=1S/C15H11B2NO2S2/c16-15(17,18)13-7-8-14(21-13)22(19,20)12-6-5-10-3-1-2-4-11(10)9-12/h1-9H,18H2. The van der Waals surface area contributed by atoms with Gasteiger partial charge in [0.25, 0.3) is 0 Å². The van der Waals surface area contributed by atoms with E-state index in [-0.39, 0.29) is 9.10 Å². The first-order valence-corrected chi connectivity index (χ1v) is 8.79. The molecule has 2 aromatic carbocycles. The summed E-state index contributed by atoms with van der Waals surface area (Å²) in [7, 11) is 7.58. The zero-order chi connectivity index (χ0) is 16.0. The third-order valence-electron chi connectivity index (χ3n) is 3.30. The Morgan fingerprint density at radius 3 is 2.27 bits per heavy atom. The molecular formula is C15H11B2NO2S2. The van der Waals surface area contributed by atoms with Crippen LogP contribution in [0.2, 0.25) is 0 Å². The molecule has 0 amide bonds. The predicted octanol–water partition coefficient (Wildman–Crippen LogP) is 2.14. The van der Waals surface area contributed by atoms with Crippen molar-refractivity contribution in [1.82, 2.24) is 0 Å². The molecule has 0 bridgehead atoms. The molecule has 0 unspecified atom stereocenters. The Morgan fingerprint density at radius 2 is 1.64 bits per heavy atom. The van der Waals surface area contributed by atoms with E-state index in [0.717, 1.165) is 22.1 Å². The first kappa shape index (κ1) is 15.3. The second-order valence-corrected chi connectivity index (χ2v) is 8.32. The highest BCUT2D eigenvalue weighted by Gasteiger charge is 2.23. The van der Waals surface area contributed by atoms with E-state index >= 15 is 0 Å². The van der Waals surface area contributed by atoms with Crippen LogP contribution in [0.3, 0.4) is 0 Å². The lowest BCUT2D eigenvalue weighted by atomic mass is 9.62. The van der Waals surface area contributed by atoms with Crippen LogP contribution in [0.25, 0.3) is 10.8 Å². The Morgan fingerprint density at radius 1 is 0.955 bits per heavy atom. The van der Waals surface area contributed by atoms with Crippen LogP contribution in [-0.2, 0) is 15.2 Å². The first-order valence-electron chi connectivity index (χ1n) is 6.49. The fraction of sp³-hybridized carbons (Fsp3) is 0.0667. The molecule has 0 aliphatic rings. The first-order chi connectivity index (χ1) is 10.3. The van der Waals surface area contributed by atoms with Gasteiger partial charge in [-0.25, -0.2) is 8.42 Å². The third-order valence-corrected chi connectivity index (χ3v) is 6.80. The van der Waals surface area contributed by atoms with Gasteiger partial charge in [-0.2, -0.15) is 0 Å². The summed E-state index contributed by atoms with van der Waals surface area (Å²) in [6, 6.07) is 15.6. The molecule has 1 heterocycles. The molecule has 3 aromatic rings. The lowest BCUT2D eigenvalue weighted by Gasteiger charge is -2.16. The van der Waals surface area contributed by atoms with Crippen molar-refractivity contribution < 1.29 is 8.42 Å². The van der Waals surface area contributed by atoms with Crippen LogP contribution in [-0.4, -0.2) is 24.1 Å². The molecule has 0 saturated heterocycles. The van der Waals surface area contributed by atoms with Gasteiger partial charge in [-0.05, 0) is 40.4 Å². The molecule has 22 heavy (non-hydrogen) atoms. The van der Waals surface area contributed by atoms with E-state index in [1.54, 1.807) is 24.3 Å². The van der Waals surface area contributed by atoms with E-state index in [1.807, 2.05) is 24.3 Å². The number of thiophene rings is 1. The number of fused-ring (bicyclic) bond motifs is 1. The fourth-order valence-electron chi connectivity index (χ4n) is 2.15. The minimum atomic E-state index is -3.62. The molecule has 0 fully saturated rings. The summed E-state index contributed by atoms with van der Waals surface area (Å²) in [5, 5.41) is 0.311. The second kappa shape index (κ2) is 5.26. The molecular weight excluding hydrogens is 312 g/mol. The molecule has 1 aromatic heterocycles. The second-order valence-electron chi connectivity index (χ2n) is 5.06. The van der Waals surface area contributed by atoms with Gasteiger partial charge in [-0.15, -0.1) is 11.3 Å². The lowest BCUT2D eigenvalue weighted by molar-refractivity contribution is 0.598. The van der Waals surface area contributed by atoms with Crippen molar-refractivity contribution in [1.29, 1.82) is 0 Å². The van der Waals surface area contributed by atoms with Crippen molar-refractivity contribution in [3.63, 3.8) is 0 Å². The van der Waals surface area contributed by atoms with Gasteiger partial charge in [0.2, 0.25) is 9.84 Å². The van der Waals surface area contributed by atoms with Crippen LogP contribution in [0.15, 0.2) is 63.7 Å². The van der Waals surface area contributed by atoms with Crippen molar-refractivity contribution >= 4 is 47.6 Å². The van der Waals surface area contributed by atoms with Crippen LogP contribution < -0.4 is 5.73 Å². The van der Waals surface area contributed by atoms with Gasteiger partial charge in [0.15, 0.2) is 0 Å². The van der Waals surface area contributed by atoms with Gasteiger partial charge in [0.1, 0.15) is 4.21 Å². The Kier molecular flexibility index (Phi) is 3.67. The van der Waals surface area contributed by atoms with Crippen LogP contribution in [0.1, 0.15) is 4.88 Å². The van der Waals surface area contributed by atoms with Crippen molar-refractivity contribution in [2.24, 2.45) is 5.73 Å². The van der Waals surface area contributed by atoms with E-state index < -0.39 is 15.2 Å². The highest BCUT2D eigenvalue weighted by Crippen LogP contribution is 2.31. The molecule has 0 aliphatic carbocycles. The molecule has 0 saturated carbocycles. The van der Waals surface area contributed by atoms with Crippen molar-refractivity contribution in [3.8, 4) is 0 Å². The highest BCUT2D eigenvalue weighted by atomic mass is 32.2. The van der Waals surface area contributed by atoms with E-state index in [1.165, 1.54) is 6.07 Å². The van der Waals surface area contributed by atoms with Gasteiger partial charge < -0.3 is 5.73 Å². The molecule has 0 spiro atoms. The van der Waals surface area contributed by atoms with Crippen LogP contribution >= 0.6 is 11.3 Å². The minimum absolute atomic E-state index is 0.170. The summed E-state index contributed by atoms with van der Waals surface area (Å²) in [5.74, 6) is 0. The van der Waals surface area contributed by atoms with Gasteiger partial charge in [-0.1, -0.05) is 30.3 Å². The Labute approximate surface area is 135 Å². The van der Waals surface area contributed by atoms with Crippen molar-refractivity contribution in [2.75, 3.05) is 0 Å². The maximum atomic E-state index is 12.7. The number of benzene rings is 2. The lowest BCUT2D eigenvalue weighted by Crippen LogP contribution is -2.36. The molecule has 3 nitrogen and oxygen atoms in total. The maximum absolute atomic E-state index is 12.7. The largest absolute Gasteiger partial charge is 0.337 e. The predicted molar refractivity (Wildman–Crippen MR) is 91.1 cm³/mol. The minimum Gasteiger partial charge on any atom is -0.337 e. The van der Waals surface area contributed by atoms with Gasteiger partial charge in [-0.3, -0.25) is 0 Å². The molecule has 0 atom stereocenters. The molecule has 7 heteroatoms. The highest BCUT2D eigenvalue weighted by molar-refractivity contribution is 7.93. The summed E-state index contributed by atoms with van der Waals surface area (Å²) in [6.07, 6.45) is 0. The topological polar surface area (TPSA) is 60.2 Å². The number of nitrogens with two attached hydrogens (primary N) is 1. The van der Waals surface area contributed by atoms with E-state index in [2.05, 4.69) is 0 Å². The van der Waals surface area contributed by atoms with Crippen LogP contribution in [0, 0.1) is 0 Å². The Bertz CT molecular complexity index is 943. The summed E-state index contributed by atoms with van der Waals surface area (Å²) in [4.78, 5) is 0.642. The molecule has 3 rings (SSSR count). The van der Waals surface area contributed by atoms with Crippen molar-refractivity contribution in [3.05, 3.63) is 59.5 Å². The quantitative estimate of drug-likeness (QED) is 0.751. The zero-order valence-corrected chi connectivity index (χ0v) is 13.2. The van der Waals surface area contributed by atoms with Crippen molar-refractivity contribution in [2.45, 2.75) is 14.4 Å². The number of sulfone groups is 1. The van der Waals surface area contributed by atoms with E-state index in [9.17, 15) is 8.42 Å². The van der Waals surface area contributed by atoms with Crippen LogP contribution in [0.5, 0.6) is 0 Å². The molecule has 106 valence electrons. The number of rotatable bonds is 3. The summed E-state index contributed by atoms with van der Waals surface area (Å²) in [5.41, 5.74) is 5.60.